The van der Waals surface area contributed by atoms with E-state index in [-0.39, 0.29) is 17.1 Å². The van der Waals surface area contributed by atoms with Crippen LogP contribution in [-0.4, -0.2) is 30.2 Å². The molecule has 0 aromatic heterocycles. The van der Waals surface area contributed by atoms with Crippen LogP contribution in [0.25, 0.3) is 0 Å². The van der Waals surface area contributed by atoms with Crippen molar-refractivity contribution in [2.75, 3.05) is 7.11 Å². The van der Waals surface area contributed by atoms with Crippen LogP contribution in [-0.2, 0) is 9.53 Å². The second-order valence-electron chi connectivity index (χ2n) is 12.9. The van der Waals surface area contributed by atoms with E-state index in [0.29, 0.717) is 5.57 Å². The fraction of sp³-hybridized carbons (Fsp3) is 0.390. The Morgan fingerprint density at radius 1 is 0.818 bits per heavy atom. The maximum absolute atomic E-state index is 11.4. The van der Waals surface area contributed by atoms with Gasteiger partial charge in [0.1, 0.15) is 6.29 Å². The van der Waals surface area contributed by atoms with E-state index in [1.165, 1.54) is 16.7 Å². The Morgan fingerprint density at radius 3 is 1.86 bits per heavy atom. The third-order valence-electron chi connectivity index (χ3n) is 7.51. The van der Waals surface area contributed by atoms with Crippen LogP contribution in [0.4, 0.5) is 0 Å². The molecular formula is C41H56O3. The molecule has 0 fully saturated rings. The Balaban J connectivity index is 2.67. The van der Waals surface area contributed by atoms with E-state index in [4.69, 9.17) is 4.74 Å². The smallest absolute Gasteiger partial charge is 0.150 e. The van der Waals surface area contributed by atoms with Gasteiger partial charge in [0.15, 0.2) is 0 Å². The van der Waals surface area contributed by atoms with E-state index >= 15 is 0 Å². The van der Waals surface area contributed by atoms with Crippen molar-refractivity contribution < 1.29 is 14.6 Å². The monoisotopic (exact) mass is 596 g/mol. The van der Waals surface area contributed by atoms with Crippen LogP contribution in [0.2, 0.25) is 0 Å². The fourth-order valence-electron chi connectivity index (χ4n) is 4.75. The number of methoxy groups -OCH3 is 1. The van der Waals surface area contributed by atoms with Gasteiger partial charge >= 0.3 is 0 Å². The second-order valence-corrected chi connectivity index (χ2v) is 12.9. The number of carbonyl (C=O) groups excluding carboxylic acids is 1. The van der Waals surface area contributed by atoms with E-state index in [1.54, 1.807) is 7.11 Å². The second kappa shape index (κ2) is 19.7. The average molecular weight is 597 g/mol. The normalized spacial score (nSPS) is 20.2. The standard InChI is InChI=1S/C41H56O3/c1-32(19-13-20-35(4)26-27-39-36(5)29-38(43)30-40(39,6)7)17-11-12-18-33(2)21-14-24-37(31-42)25-15-22-34(3)23-16-28-41(8,9)44-10/h11-27,31,38,43H,28-30H2,1-10H3/b12-11+,19-13+,21-14+,23-16+,25-15+,27-26+,32-17+,33-18+,34-22+,35-20+,37-24-. The molecule has 0 amide bonds. The third kappa shape index (κ3) is 16.4. The molecule has 0 heterocycles. The third-order valence-corrected chi connectivity index (χ3v) is 7.51. The van der Waals surface area contributed by atoms with Gasteiger partial charge in [0.2, 0.25) is 0 Å². The molecule has 1 N–H and O–H groups in total. The van der Waals surface area contributed by atoms with Crippen LogP contribution in [0, 0.1) is 5.41 Å². The van der Waals surface area contributed by atoms with E-state index < -0.39 is 0 Å². The van der Waals surface area contributed by atoms with Crippen LogP contribution in [0.5, 0.6) is 0 Å². The molecule has 238 valence electrons. The number of aliphatic hydroxyl groups excluding tert-OH is 1. The zero-order chi connectivity index (χ0) is 33.2. The molecular weight excluding hydrogens is 540 g/mol. The minimum Gasteiger partial charge on any atom is -0.393 e. The van der Waals surface area contributed by atoms with Crippen molar-refractivity contribution in [1.82, 2.24) is 0 Å². The molecule has 1 atom stereocenters. The fourth-order valence-corrected chi connectivity index (χ4v) is 4.75. The Morgan fingerprint density at radius 2 is 1.32 bits per heavy atom. The van der Waals surface area contributed by atoms with Gasteiger partial charge in [0.05, 0.1) is 11.7 Å². The first kappa shape index (κ1) is 38.5. The lowest BCUT2D eigenvalue weighted by molar-refractivity contribution is -0.104. The summed E-state index contributed by atoms with van der Waals surface area (Å²) >= 11 is 0. The zero-order valence-corrected chi connectivity index (χ0v) is 28.9. The topological polar surface area (TPSA) is 46.5 Å². The summed E-state index contributed by atoms with van der Waals surface area (Å²) in [5, 5.41) is 10.1. The minimum absolute atomic E-state index is 0.00736. The molecule has 0 bridgehead atoms. The van der Waals surface area contributed by atoms with E-state index in [1.807, 2.05) is 68.5 Å². The van der Waals surface area contributed by atoms with E-state index in [0.717, 1.165) is 42.3 Å². The number of carbonyl (C=O) groups is 1. The van der Waals surface area contributed by atoms with Crippen molar-refractivity contribution in [2.24, 2.45) is 5.41 Å². The van der Waals surface area contributed by atoms with Crippen LogP contribution in [0.15, 0.2) is 142 Å². The molecule has 0 saturated heterocycles. The first-order valence-corrected chi connectivity index (χ1v) is 15.5. The maximum Gasteiger partial charge on any atom is 0.150 e. The zero-order valence-electron chi connectivity index (χ0n) is 28.9. The highest BCUT2D eigenvalue weighted by atomic mass is 16.5. The summed E-state index contributed by atoms with van der Waals surface area (Å²) < 4.78 is 5.43. The van der Waals surface area contributed by atoms with E-state index in [9.17, 15) is 9.90 Å². The molecule has 1 unspecified atom stereocenters. The Labute approximate surface area is 268 Å². The summed E-state index contributed by atoms with van der Waals surface area (Å²) in [6.07, 6.45) is 37.3. The first-order valence-electron chi connectivity index (χ1n) is 15.5. The highest BCUT2D eigenvalue weighted by molar-refractivity contribution is 5.78. The molecule has 0 aliphatic heterocycles. The van der Waals surface area contributed by atoms with Crippen LogP contribution in [0.1, 0.15) is 81.6 Å². The molecule has 1 aliphatic carbocycles. The quantitative estimate of drug-likeness (QED) is 0.116. The highest BCUT2D eigenvalue weighted by Crippen LogP contribution is 2.41. The van der Waals surface area contributed by atoms with Gasteiger partial charge in [-0.05, 0) is 78.7 Å². The van der Waals surface area contributed by atoms with Crippen molar-refractivity contribution in [1.29, 1.82) is 0 Å². The van der Waals surface area contributed by atoms with Crippen molar-refractivity contribution in [3.63, 3.8) is 0 Å². The molecule has 1 aliphatic rings. The van der Waals surface area contributed by atoms with Gasteiger partial charge in [-0.3, -0.25) is 4.79 Å². The summed E-state index contributed by atoms with van der Waals surface area (Å²) in [6.45, 7) is 18.9. The van der Waals surface area contributed by atoms with Gasteiger partial charge in [0, 0.05) is 12.7 Å². The first-order chi connectivity index (χ1) is 20.7. The average Bonchev–Trinajstić information content (AvgIpc) is 2.93. The molecule has 3 nitrogen and oxygen atoms in total. The van der Waals surface area contributed by atoms with Crippen LogP contribution < -0.4 is 0 Å². The van der Waals surface area contributed by atoms with Gasteiger partial charge in [-0.1, -0.05) is 145 Å². The van der Waals surface area contributed by atoms with Crippen LogP contribution >= 0.6 is 0 Å². The molecule has 44 heavy (non-hydrogen) atoms. The van der Waals surface area contributed by atoms with Crippen molar-refractivity contribution in [3.8, 4) is 0 Å². The lowest BCUT2D eigenvalue weighted by Gasteiger charge is -2.35. The van der Waals surface area contributed by atoms with Gasteiger partial charge in [-0.15, -0.1) is 0 Å². The number of allylic oxidation sites excluding steroid dienone is 22. The summed E-state index contributed by atoms with van der Waals surface area (Å²) in [5.74, 6) is 0. The molecule has 3 heteroatoms. The number of hydrogen-bond donors (Lipinski definition) is 1. The Kier molecular flexibility index (Phi) is 17.2. The predicted octanol–water partition coefficient (Wildman–Crippen LogP) is 10.5. The molecule has 0 aromatic rings. The maximum atomic E-state index is 11.4. The summed E-state index contributed by atoms with van der Waals surface area (Å²) in [4.78, 5) is 11.4. The molecule has 0 saturated carbocycles. The lowest BCUT2D eigenvalue weighted by atomic mass is 9.71. The SMILES string of the molecule is COC(C)(C)C/C=C/C(C)=C/C=C/C(C=O)=C/C=C/C(C)=C/C=C/C=C(C)/C=C/C=C(C)/C=C/C1=C(C)CC(O)CC1(C)C. The van der Waals surface area contributed by atoms with E-state index in [2.05, 4.69) is 97.1 Å². The number of hydrogen-bond acceptors (Lipinski definition) is 3. The molecule has 0 aromatic carbocycles. The summed E-state index contributed by atoms with van der Waals surface area (Å²) in [5.41, 5.74) is 7.56. The van der Waals surface area contributed by atoms with Gasteiger partial charge in [0.25, 0.3) is 0 Å². The molecule has 0 spiro atoms. The Bertz CT molecular complexity index is 1320. The summed E-state index contributed by atoms with van der Waals surface area (Å²) in [7, 11) is 1.72. The van der Waals surface area contributed by atoms with Gasteiger partial charge < -0.3 is 9.84 Å². The number of aldehydes is 1. The van der Waals surface area contributed by atoms with Crippen molar-refractivity contribution in [2.45, 2.75) is 93.3 Å². The minimum atomic E-state index is -0.237. The lowest BCUT2D eigenvalue weighted by Crippen LogP contribution is -2.28. The van der Waals surface area contributed by atoms with Crippen molar-refractivity contribution >= 4 is 6.29 Å². The number of aliphatic hydroxyl groups is 1. The molecule has 1 rings (SSSR count). The Hall–Kier alpha value is -3.53. The highest BCUT2D eigenvalue weighted by Gasteiger charge is 2.31. The molecule has 0 radical (unpaired) electrons. The summed E-state index contributed by atoms with van der Waals surface area (Å²) in [6, 6.07) is 0. The predicted molar refractivity (Wildman–Crippen MR) is 191 cm³/mol. The van der Waals surface area contributed by atoms with Crippen molar-refractivity contribution in [3.05, 3.63) is 142 Å². The largest absolute Gasteiger partial charge is 0.393 e. The number of ether oxygens (including phenoxy) is 1. The number of rotatable bonds is 15. The van der Waals surface area contributed by atoms with Crippen LogP contribution in [0.3, 0.4) is 0 Å². The van der Waals surface area contributed by atoms with Gasteiger partial charge in [-0.25, -0.2) is 0 Å². The van der Waals surface area contributed by atoms with Gasteiger partial charge in [-0.2, -0.15) is 0 Å².